The van der Waals surface area contributed by atoms with Crippen LogP contribution in [0.25, 0.3) is 0 Å². The van der Waals surface area contributed by atoms with Crippen molar-refractivity contribution >= 4 is 5.69 Å². The van der Waals surface area contributed by atoms with Gasteiger partial charge in [-0.1, -0.05) is 37.5 Å². The molecule has 1 aliphatic rings. The van der Waals surface area contributed by atoms with E-state index in [1.807, 2.05) is 0 Å². The summed E-state index contributed by atoms with van der Waals surface area (Å²) in [6.07, 6.45) is 5.36. The molecule has 1 atom stereocenters. The molecule has 1 aromatic rings. The van der Waals surface area contributed by atoms with Gasteiger partial charge in [0.25, 0.3) is 0 Å². The predicted molar refractivity (Wildman–Crippen MR) is 78.8 cm³/mol. The van der Waals surface area contributed by atoms with Crippen LogP contribution in [-0.4, -0.2) is 12.6 Å². The van der Waals surface area contributed by atoms with Gasteiger partial charge < -0.3 is 11.1 Å². The molecular weight excluding hydrogens is 220 g/mol. The molecule has 1 aliphatic carbocycles. The molecule has 18 heavy (non-hydrogen) atoms. The second-order valence-corrected chi connectivity index (χ2v) is 5.87. The Hall–Kier alpha value is -1.02. The van der Waals surface area contributed by atoms with Crippen LogP contribution in [0.1, 0.15) is 38.2 Å². The largest absolute Gasteiger partial charge is 0.381 e. The topological polar surface area (TPSA) is 38.0 Å². The third-order valence-electron chi connectivity index (χ3n) is 4.29. The Bertz CT molecular complexity index is 350. The Morgan fingerprint density at radius 3 is 2.33 bits per heavy atom. The molecule has 1 saturated carbocycles. The highest BCUT2D eigenvalue weighted by atomic mass is 14.9. The average molecular weight is 246 g/mol. The van der Waals surface area contributed by atoms with Crippen molar-refractivity contribution in [2.24, 2.45) is 17.6 Å². The van der Waals surface area contributed by atoms with E-state index in [0.29, 0.717) is 6.04 Å². The molecule has 2 nitrogen and oxygen atoms in total. The Labute approximate surface area is 111 Å². The second-order valence-electron chi connectivity index (χ2n) is 5.87. The van der Waals surface area contributed by atoms with Crippen molar-refractivity contribution in [1.29, 1.82) is 0 Å². The Balaban J connectivity index is 1.94. The molecule has 1 unspecified atom stereocenters. The number of benzene rings is 1. The molecule has 0 bridgehead atoms. The highest BCUT2D eigenvalue weighted by Crippen LogP contribution is 2.31. The van der Waals surface area contributed by atoms with E-state index in [9.17, 15) is 0 Å². The summed E-state index contributed by atoms with van der Waals surface area (Å²) in [5.41, 5.74) is 8.46. The van der Waals surface area contributed by atoms with Gasteiger partial charge in [-0.15, -0.1) is 0 Å². The normalized spacial score (nSPS) is 25.7. The number of hydrogen-bond donors (Lipinski definition) is 2. The maximum Gasteiger partial charge on any atom is 0.0411 e. The van der Waals surface area contributed by atoms with E-state index in [4.69, 9.17) is 5.73 Å². The van der Waals surface area contributed by atoms with Gasteiger partial charge in [0.1, 0.15) is 0 Å². The van der Waals surface area contributed by atoms with Crippen molar-refractivity contribution in [2.75, 3.05) is 11.9 Å². The van der Waals surface area contributed by atoms with Crippen LogP contribution in [0.3, 0.4) is 0 Å². The van der Waals surface area contributed by atoms with Crippen molar-refractivity contribution in [2.45, 2.75) is 45.6 Å². The molecule has 2 heteroatoms. The number of rotatable bonds is 4. The van der Waals surface area contributed by atoms with Crippen molar-refractivity contribution in [3.05, 3.63) is 29.8 Å². The van der Waals surface area contributed by atoms with E-state index >= 15 is 0 Å². The number of aryl methyl sites for hydroxylation is 1. The third-order valence-corrected chi connectivity index (χ3v) is 4.29. The Morgan fingerprint density at radius 2 is 1.78 bits per heavy atom. The summed E-state index contributed by atoms with van der Waals surface area (Å²) >= 11 is 0. The average Bonchev–Trinajstić information content (AvgIpc) is 2.39. The summed E-state index contributed by atoms with van der Waals surface area (Å²) in [6.45, 7) is 5.21. The molecule has 3 N–H and O–H groups in total. The summed E-state index contributed by atoms with van der Waals surface area (Å²) in [6, 6.07) is 9.05. The Morgan fingerprint density at radius 1 is 1.17 bits per heavy atom. The number of nitrogens with two attached hydrogens (primary N) is 1. The van der Waals surface area contributed by atoms with E-state index in [1.54, 1.807) is 0 Å². The van der Waals surface area contributed by atoms with Gasteiger partial charge in [-0.2, -0.15) is 0 Å². The molecule has 0 amide bonds. The SMILES string of the molecule is Cc1ccc(NC(CN)C2CCC(C)CC2)cc1. The zero-order chi connectivity index (χ0) is 13.0. The van der Waals surface area contributed by atoms with Crippen LogP contribution in [0.15, 0.2) is 24.3 Å². The quantitative estimate of drug-likeness (QED) is 0.852. The van der Waals surface area contributed by atoms with E-state index in [1.165, 1.54) is 36.9 Å². The van der Waals surface area contributed by atoms with Crippen LogP contribution >= 0.6 is 0 Å². The van der Waals surface area contributed by atoms with Gasteiger partial charge in [-0.3, -0.25) is 0 Å². The minimum Gasteiger partial charge on any atom is -0.381 e. The number of anilines is 1. The van der Waals surface area contributed by atoms with Crippen LogP contribution in [0, 0.1) is 18.8 Å². The minimum atomic E-state index is 0.431. The third kappa shape index (κ3) is 3.49. The van der Waals surface area contributed by atoms with Crippen LogP contribution in [0.5, 0.6) is 0 Å². The van der Waals surface area contributed by atoms with Gasteiger partial charge in [0, 0.05) is 18.3 Å². The van der Waals surface area contributed by atoms with Gasteiger partial charge in [0.05, 0.1) is 0 Å². The molecule has 0 radical (unpaired) electrons. The van der Waals surface area contributed by atoms with Crippen molar-refractivity contribution in [1.82, 2.24) is 0 Å². The van der Waals surface area contributed by atoms with Gasteiger partial charge >= 0.3 is 0 Å². The van der Waals surface area contributed by atoms with Crippen LogP contribution in [-0.2, 0) is 0 Å². The summed E-state index contributed by atoms with van der Waals surface area (Å²) in [4.78, 5) is 0. The van der Waals surface area contributed by atoms with Gasteiger partial charge in [-0.05, 0) is 43.7 Å². The maximum absolute atomic E-state index is 5.95. The van der Waals surface area contributed by atoms with Crippen LogP contribution in [0.2, 0.25) is 0 Å². The number of nitrogens with one attached hydrogen (secondary N) is 1. The fourth-order valence-electron chi connectivity index (χ4n) is 2.92. The Kier molecular flexibility index (Phi) is 4.65. The second kappa shape index (κ2) is 6.24. The molecule has 0 aromatic heterocycles. The summed E-state index contributed by atoms with van der Waals surface area (Å²) in [5.74, 6) is 1.64. The molecule has 1 fully saturated rings. The molecular formula is C16H26N2. The molecule has 0 aliphatic heterocycles. The molecule has 2 rings (SSSR count). The summed E-state index contributed by atoms with van der Waals surface area (Å²) in [7, 11) is 0. The zero-order valence-electron chi connectivity index (χ0n) is 11.7. The molecule has 0 spiro atoms. The highest BCUT2D eigenvalue weighted by molar-refractivity contribution is 5.45. The lowest BCUT2D eigenvalue weighted by Crippen LogP contribution is -2.38. The van der Waals surface area contributed by atoms with Crippen molar-refractivity contribution in [3.8, 4) is 0 Å². The molecule has 0 heterocycles. The first-order valence-electron chi connectivity index (χ1n) is 7.22. The lowest BCUT2D eigenvalue weighted by atomic mass is 9.79. The lowest BCUT2D eigenvalue weighted by Gasteiger charge is -2.33. The van der Waals surface area contributed by atoms with E-state index in [0.717, 1.165) is 18.4 Å². The number of hydrogen-bond acceptors (Lipinski definition) is 2. The van der Waals surface area contributed by atoms with Crippen molar-refractivity contribution in [3.63, 3.8) is 0 Å². The fraction of sp³-hybridized carbons (Fsp3) is 0.625. The van der Waals surface area contributed by atoms with Gasteiger partial charge in [0.15, 0.2) is 0 Å². The summed E-state index contributed by atoms with van der Waals surface area (Å²) in [5, 5.41) is 3.62. The fourth-order valence-corrected chi connectivity index (χ4v) is 2.92. The van der Waals surface area contributed by atoms with E-state index in [2.05, 4.69) is 43.4 Å². The summed E-state index contributed by atoms with van der Waals surface area (Å²) < 4.78 is 0. The van der Waals surface area contributed by atoms with E-state index in [-0.39, 0.29) is 0 Å². The van der Waals surface area contributed by atoms with Crippen molar-refractivity contribution < 1.29 is 0 Å². The highest BCUT2D eigenvalue weighted by Gasteiger charge is 2.25. The first-order valence-corrected chi connectivity index (χ1v) is 7.22. The first kappa shape index (κ1) is 13.4. The predicted octanol–water partition coefficient (Wildman–Crippen LogP) is 3.56. The monoisotopic (exact) mass is 246 g/mol. The molecule has 0 saturated heterocycles. The minimum absolute atomic E-state index is 0.431. The van der Waals surface area contributed by atoms with Gasteiger partial charge in [-0.25, -0.2) is 0 Å². The smallest absolute Gasteiger partial charge is 0.0411 e. The molecule has 100 valence electrons. The van der Waals surface area contributed by atoms with E-state index < -0.39 is 0 Å². The lowest BCUT2D eigenvalue weighted by molar-refractivity contribution is 0.265. The molecule has 1 aromatic carbocycles. The van der Waals surface area contributed by atoms with Crippen LogP contribution in [0.4, 0.5) is 5.69 Å². The zero-order valence-corrected chi connectivity index (χ0v) is 11.7. The van der Waals surface area contributed by atoms with Gasteiger partial charge in [0.2, 0.25) is 0 Å². The first-order chi connectivity index (χ1) is 8.69. The standard InChI is InChI=1S/C16H26N2/c1-12-3-7-14(8-4-12)16(11-17)18-15-9-5-13(2)6-10-15/h5-6,9-10,12,14,16,18H,3-4,7-8,11,17H2,1-2H3. The van der Waals surface area contributed by atoms with Crippen LogP contribution < -0.4 is 11.1 Å². The maximum atomic E-state index is 5.95.